The van der Waals surface area contributed by atoms with Crippen LogP contribution in [-0.2, 0) is 17.6 Å². The summed E-state index contributed by atoms with van der Waals surface area (Å²) < 4.78 is 0. The fourth-order valence-electron chi connectivity index (χ4n) is 5.16. The Morgan fingerprint density at radius 1 is 0.975 bits per heavy atom. The zero-order chi connectivity index (χ0) is 27.5. The second-order valence-electron chi connectivity index (χ2n) is 10.1. The number of benzene rings is 1. The maximum atomic E-state index is 13.2. The highest BCUT2D eigenvalue weighted by molar-refractivity contribution is 6.33. The molecule has 6 bridgehead atoms. The second-order valence-corrected chi connectivity index (χ2v) is 10.9. The summed E-state index contributed by atoms with van der Waals surface area (Å²) in [7, 11) is 0. The molecule has 6 rings (SSSR count). The van der Waals surface area contributed by atoms with E-state index in [-0.39, 0.29) is 5.91 Å². The Hall–Kier alpha value is -3.95. The number of carbonyl (C=O) groups is 1. The number of carbonyl (C=O) groups excluding carboxylic acids is 1. The van der Waals surface area contributed by atoms with Crippen molar-refractivity contribution in [3.63, 3.8) is 0 Å². The molecule has 1 amide bonds. The molecule has 3 aromatic heterocycles. The average molecular weight is 576 g/mol. The average Bonchev–Trinajstić information content (AvgIpc) is 2.95. The first kappa shape index (κ1) is 26.3. The quantitative estimate of drug-likeness (QED) is 0.240. The van der Waals surface area contributed by atoms with E-state index in [1.807, 2.05) is 42.6 Å². The standard InChI is InChI=1S/C29H28Cl2N8O/c30-23-17-33-29-35-22-12-19(15-32-16-22)4-5-20-14-21(34-28(23)38-29)6-7-24(20)36-27(40)13-18-8-10-39(11-9-18)26-3-1-2-25(31)37-26/h1-3,6-7,12,14-18H,4-5,8-11,13H2,(H,36,40)(H2,33,34,35,38). The molecular weight excluding hydrogens is 547 g/mol. The molecule has 5 heterocycles. The SMILES string of the molecule is O=C(CC1CCN(c2cccc(Cl)n2)CC1)Nc1ccc2cc1CCc1cncc(c1)Nc1ncc(Cl)c(n1)N2. The van der Waals surface area contributed by atoms with Crippen molar-refractivity contribution >= 4 is 63.8 Å². The lowest BCUT2D eigenvalue weighted by atomic mass is 9.93. The number of nitrogens with zero attached hydrogens (tertiary/aromatic N) is 5. The van der Waals surface area contributed by atoms with Crippen LogP contribution in [0.1, 0.15) is 30.4 Å². The molecule has 0 saturated carbocycles. The molecule has 4 aromatic rings. The molecule has 1 fully saturated rings. The van der Waals surface area contributed by atoms with Gasteiger partial charge >= 0.3 is 0 Å². The third-order valence-corrected chi connectivity index (χ3v) is 7.72. The minimum absolute atomic E-state index is 0.0237. The fraction of sp³-hybridized carbons (Fsp3) is 0.276. The van der Waals surface area contributed by atoms with Gasteiger partial charge in [-0.05, 0) is 79.1 Å². The van der Waals surface area contributed by atoms with E-state index in [9.17, 15) is 4.79 Å². The number of hydrogen-bond donors (Lipinski definition) is 3. The van der Waals surface area contributed by atoms with Crippen molar-refractivity contribution in [1.29, 1.82) is 0 Å². The maximum absolute atomic E-state index is 13.2. The van der Waals surface area contributed by atoms with Crippen LogP contribution in [0.5, 0.6) is 0 Å². The van der Waals surface area contributed by atoms with Crippen LogP contribution in [0.15, 0.2) is 61.1 Å². The summed E-state index contributed by atoms with van der Waals surface area (Å²) in [6.07, 6.45) is 8.95. The molecule has 0 atom stereocenters. The van der Waals surface area contributed by atoms with Crippen molar-refractivity contribution in [2.75, 3.05) is 33.9 Å². The third-order valence-electron chi connectivity index (χ3n) is 7.23. The highest BCUT2D eigenvalue weighted by Crippen LogP contribution is 2.30. The van der Waals surface area contributed by atoms with Crippen LogP contribution in [0, 0.1) is 5.92 Å². The third kappa shape index (κ3) is 6.26. The lowest BCUT2D eigenvalue weighted by Crippen LogP contribution is -2.35. The van der Waals surface area contributed by atoms with Gasteiger partial charge in [0, 0.05) is 37.1 Å². The van der Waals surface area contributed by atoms with Gasteiger partial charge in [0.2, 0.25) is 11.9 Å². The molecule has 40 heavy (non-hydrogen) atoms. The molecule has 11 heteroatoms. The van der Waals surface area contributed by atoms with Gasteiger partial charge in [0.05, 0.1) is 18.1 Å². The maximum Gasteiger partial charge on any atom is 0.229 e. The van der Waals surface area contributed by atoms with Crippen LogP contribution in [0.4, 0.5) is 34.6 Å². The molecular formula is C29H28Cl2N8O. The van der Waals surface area contributed by atoms with E-state index in [1.165, 1.54) is 0 Å². The zero-order valence-electron chi connectivity index (χ0n) is 21.7. The van der Waals surface area contributed by atoms with Crippen LogP contribution < -0.4 is 20.9 Å². The van der Waals surface area contributed by atoms with E-state index in [1.54, 1.807) is 18.5 Å². The first-order valence-corrected chi connectivity index (χ1v) is 14.0. The molecule has 1 saturated heterocycles. The van der Waals surface area contributed by atoms with Crippen molar-refractivity contribution in [3.8, 4) is 0 Å². The highest BCUT2D eigenvalue weighted by Gasteiger charge is 2.23. The summed E-state index contributed by atoms with van der Waals surface area (Å²) in [6, 6.07) is 13.6. The first-order chi connectivity index (χ1) is 19.5. The van der Waals surface area contributed by atoms with E-state index in [0.717, 1.165) is 72.8 Å². The van der Waals surface area contributed by atoms with Gasteiger partial charge in [0.15, 0.2) is 5.82 Å². The van der Waals surface area contributed by atoms with Crippen LogP contribution in [0.2, 0.25) is 10.2 Å². The van der Waals surface area contributed by atoms with E-state index in [0.29, 0.717) is 34.3 Å². The summed E-state index contributed by atoms with van der Waals surface area (Å²) in [5, 5.41) is 10.6. The van der Waals surface area contributed by atoms with Gasteiger partial charge in [-0.25, -0.2) is 9.97 Å². The lowest BCUT2D eigenvalue weighted by molar-refractivity contribution is -0.117. The topological polar surface area (TPSA) is 108 Å². The summed E-state index contributed by atoms with van der Waals surface area (Å²) in [4.78, 5) is 33.0. The molecule has 1 aromatic carbocycles. The smallest absolute Gasteiger partial charge is 0.229 e. The predicted molar refractivity (Wildman–Crippen MR) is 159 cm³/mol. The van der Waals surface area contributed by atoms with Gasteiger partial charge in [0.1, 0.15) is 16.0 Å². The number of amides is 1. The van der Waals surface area contributed by atoms with E-state index >= 15 is 0 Å². The number of nitrogens with one attached hydrogen (secondary N) is 3. The number of aromatic nitrogens is 4. The van der Waals surface area contributed by atoms with Gasteiger partial charge in [-0.3, -0.25) is 9.78 Å². The number of hydrogen-bond acceptors (Lipinski definition) is 8. The second kappa shape index (κ2) is 11.7. The summed E-state index contributed by atoms with van der Waals surface area (Å²) in [5.74, 6) is 2.14. The van der Waals surface area contributed by atoms with Gasteiger partial charge in [-0.1, -0.05) is 29.3 Å². The molecule has 2 aliphatic heterocycles. The van der Waals surface area contributed by atoms with Crippen molar-refractivity contribution in [1.82, 2.24) is 19.9 Å². The molecule has 0 unspecified atom stereocenters. The Morgan fingerprint density at radius 3 is 2.70 bits per heavy atom. The lowest BCUT2D eigenvalue weighted by Gasteiger charge is -2.32. The minimum atomic E-state index is 0.0237. The normalized spacial score (nSPS) is 15.1. The van der Waals surface area contributed by atoms with Crippen LogP contribution >= 0.6 is 23.2 Å². The molecule has 9 nitrogen and oxygen atoms in total. The van der Waals surface area contributed by atoms with Gasteiger partial charge < -0.3 is 20.9 Å². The van der Waals surface area contributed by atoms with Crippen LogP contribution in [0.3, 0.4) is 0 Å². The van der Waals surface area contributed by atoms with Gasteiger partial charge in [0.25, 0.3) is 0 Å². The monoisotopic (exact) mass is 574 g/mol. The van der Waals surface area contributed by atoms with E-state index < -0.39 is 0 Å². The number of piperidine rings is 1. The number of pyridine rings is 2. The number of fused-ring (bicyclic) bond motifs is 6. The predicted octanol–water partition coefficient (Wildman–Crippen LogP) is 6.40. The summed E-state index contributed by atoms with van der Waals surface area (Å²) >= 11 is 12.4. The Labute approximate surface area is 242 Å². The van der Waals surface area contributed by atoms with Crippen molar-refractivity contribution in [3.05, 3.63) is 82.4 Å². The van der Waals surface area contributed by atoms with Crippen molar-refractivity contribution in [2.45, 2.75) is 32.1 Å². The fourth-order valence-corrected chi connectivity index (χ4v) is 5.45. The highest BCUT2D eigenvalue weighted by atomic mass is 35.5. The largest absolute Gasteiger partial charge is 0.357 e. The van der Waals surface area contributed by atoms with Crippen molar-refractivity contribution < 1.29 is 4.79 Å². The Morgan fingerprint density at radius 2 is 1.85 bits per heavy atom. The molecule has 0 aliphatic carbocycles. The molecule has 0 radical (unpaired) electrons. The molecule has 0 spiro atoms. The Kier molecular flexibility index (Phi) is 7.66. The number of halogens is 2. The van der Waals surface area contributed by atoms with E-state index in [2.05, 4.69) is 40.8 Å². The number of rotatable bonds is 4. The van der Waals surface area contributed by atoms with Crippen LogP contribution in [0.25, 0.3) is 0 Å². The molecule has 3 N–H and O–H groups in total. The molecule has 204 valence electrons. The number of aryl methyl sites for hydroxylation is 2. The van der Waals surface area contributed by atoms with Crippen LogP contribution in [-0.4, -0.2) is 38.9 Å². The minimum Gasteiger partial charge on any atom is -0.357 e. The van der Waals surface area contributed by atoms with Crippen molar-refractivity contribution in [2.24, 2.45) is 5.92 Å². The molecule has 2 aliphatic rings. The Balaban J connectivity index is 1.16. The van der Waals surface area contributed by atoms with E-state index in [4.69, 9.17) is 23.2 Å². The summed E-state index contributed by atoms with van der Waals surface area (Å²) in [5.41, 5.74) is 4.51. The van der Waals surface area contributed by atoms with Gasteiger partial charge in [-0.2, -0.15) is 4.98 Å². The number of anilines is 6. The summed E-state index contributed by atoms with van der Waals surface area (Å²) in [6.45, 7) is 1.71. The Bertz CT molecular complexity index is 1540. The van der Waals surface area contributed by atoms with Gasteiger partial charge in [-0.15, -0.1) is 0 Å². The zero-order valence-corrected chi connectivity index (χ0v) is 23.2. The first-order valence-electron chi connectivity index (χ1n) is 13.3.